The molecule has 0 heterocycles. The second-order valence-electron chi connectivity index (χ2n) is 5.14. The Morgan fingerprint density at radius 1 is 1.38 bits per heavy atom. The van der Waals surface area contributed by atoms with E-state index in [4.69, 9.17) is 4.74 Å². The van der Waals surface area contributed by atoms with E-state index < -0.39 is 12.1 Å². The maximum absolute atomic E-state index is 11.1. The number of hydrogen-bond donors (Lipinski definition) is 1. The fourth-order valence-corrected chi connectivity index (χ4v) is 3.40. The molecule has 0 aromatic heterocycles. The third-order valence-electron chi connectivity index (χ3n) is 4.23. The van der Waals surface area contributed by atoms with E-state index in [1.807, 2.05) is 0 Å². The first kappa shape index (κ1) is 11.6. The van der Waals surface area contributed by atoms with Crippen molar-refractivity contribution in [1.29, 1.82) is 0 Å². The van der Waals surface area contributed by atoms with Crippen molar-refractivity contribution < 1.29 is 14.6 Å². The molecule has 2 saturated carbocycles. The van der Waals surface area contributed by atoms with Crippen molar-refractivity contribution >= 4 is 5.97 Å². The van der Waals surface area contributed by atoms with Crippen molar-refractivity contribution in [1.82, 2.24) is 0 Å². The van der Waals surface area contributed by atoms with E-state index in [0.29, 0.717) is 17.8 Å². The summed E-state index contributed by atoms with van der Waals surface area (Å²) < 4.78 is 5.20. The summed E-state index contributed by atoms with van der Waals surface area (Å²) >= 11 is 0. The predicted molar refractivity (Wildman–Crippen MR) is 60.7 cm³/mol. The van der Waals surface area contributed by atoms with Gasteiger partial charge in [-0.3, -0.25) is 0 Å². The van der Waals surface area contributed by atoms with Crippen molar-refractivity contribution in [2.75, 3.05) is 0 Å². The van der Waals surface area contributed by atoms with Gasteiger partial charge in [0.15, 0.2) is 0 Å². The summed E-state index contributed by atoms with van der Waals surface area (Å²) in [6, 6.07) is 0. The van der Waals surface area contributed by atoms with Crippen molar-refractivity contribution in [3.63, 3.8) is 0 Å². The summed E-state index contributed by atoms with van der Waals surface area (Å²) in [5, 5.41) is 10.2. The molecule has 3 nitrogen and oxygen atoms in total. The zero-order valence-electron chi connectivity index (χ0n) is 9.76. The molecule has 2 aliphatic carbocycles. The van der Waals surface area contributed by atoms with Crippen LogP contribution in [0.1, 0.15) is 32.6 Å². The summed E-state index contributed by atoms with van der Waals surface area (Å²) in [5.74, 6) is 1.07. The number of carbonyl (C=O) groups is 1. The SMILES string of the molecule is C=CC(=O)OC1CCC2CCC(C)C2C1O. The van der Waals surface area contributed by atoms with Crippen LogP contribution in [0.15, 0.2) is 12.7 Å². The second-order valence-corrected chi connectivity index (χ2v) is 5.14. The van der Waals surface area contributed by atoms with E-state index in [1.54, 1.807) is 0 Å². The molecule has 2 aliphatic rings. The second kappa shape index (κ2) is 4.58. The first-order valence-electron chi connectivity index (χ1n) is 6.14. The third kappa shape index (κ3) is 2.01. The monoisotopic (exact) mass is 224 g/mol. The van der Waals surface area contributed by atoms with Gasteiger partial charge in [-0.25, -0.2) is 4.79 Å². The van der Waals surface area contributed by atoms with E-state index in [2.05, 4.69) is 13.5 Å². The molecule has 16 heavy (non-hydrogen) atoms. The highest BCUT2D eigenvalue weighted by Gasteiger charge is 2.45. The average Bonchev–Trinajstić information content (AvgIpc) is 2.65. The van der Waals surface area contributed by atoms with Gasteiger partial charge in [0.05, 0.1) is 6.10 Å². The molecule has 0 aliphatic heterocycles. The standard InChI is InChI=1S/C13H20O3/c1-3-11(14)16-10-7-6-9-5-4-8(2)12(9)13(10)15/h3,8-10,12-13,15H,1,4-7H2,2H3. The molecule has 0 saturated heterocycles. The fraction of sp³-hybridized carbons (Fsp3) is 0.769. The Hall–Kier alpha value is -0.830. The maximum atomic E-state index is 11.1. The first-order chi connectivity index (χ1) is 7.63. The maximum Gasteiger partial charge on any atom is 0.330 e. The molecule has 2 rings (SSSR count). The smallest absolute Gasteiger partial charge is 0.330 e. The van der Waals surface area contributed by atoms with E-state index in [0.717, 1.165) is 18.9 Å². The van der Waals surface area contributed by atoms with Crippen LogP contribution in [0, 0.1) is 17.8 Å². The number of fused-ring (bicyclic) bond motifs is 1. The molecule has 90 valence electrons. The number of rotatable bonds is 2. The number of aliphatic hydroxyl groups is 1. The molecule has 2 fully saturated rings. The number of aliphatic hydroxyl groups excluding tert-OH is 1. The Kier molecular flexibility index (Phi) is 3.33. The summed E-state index contributed by atoms with van der Waals surface area (Å²) in [6.07, 6.45) is 4.61. The van der Waals surface area contributed by atoms with Gasteiger partial charge < -0.3 is 9.84 Å². The van der Waals surface area contributed by atoms with E-state index in [-0.39, 0.29) is 6.10 Å². The van der Waals surface area contributed by atoms with Gasteiger partial charge in [0, 0.05) is 6.08 Å². The molecule has 0 aromatic rings. The van der Waals surface area contributed by atoms with Gasteiger partial charge in [0.2, 0.25) is 0 Å². The minimum Gasteiger partial charge on any atom is -0.456 e. The molecular formula is C13H20O3. The van der Waals surface area contributed by atoms with Gasteiger partial charge in [-0.1, -0.05) is 19.9 Å². The van der Waals surface area contributed by atoms with Gasteiger partial charge in [0.25, 0.3) is 0 Å². The lowest BCUT2D eigenvalue weighted by Crippen LogP contribution is -2.44. The van der Waals surface area contributed by atoms with Crippen LogP contribution in [0.4, 0.5) is 0 Å². The molecule has 0 radical (unpaired) electrons. The number of carbonyl (C=O) groups excluding carboxylic acids is 1. The Bertz CT molecular complexity index is 287. The van der Waals surface area contributed by atoms with Crippen LogP contribution in [-0.2, 0) is 9.53 Å². The quantitative estimate of drug-likeness (QED) is 0.575. The predicted octanol–water partition coefficient (Wildman–Crippen LogP) is 1.90. The summed E-state index contributed by atoms with van der Waals surface area (Å²) in [7, 11) is 0. The van der Waals surface area contributed by atoms with E-state index >= 15 is 0 Å². The molecule has 0 amide bonds. The van der Waals surface area contributed by atoms with Gasteiger partial charge >= 0.3 is 5.97 Å². The third-order valence-corrected chi connectivity index (χ3v) is 4.23. The zero-order chi connectivity index (χ0) is 11.7. The zero-order valence-corrected chi connectivity index (χ0v) is 9.76. The number of hydrogen-bond acceptors (Lipinski definition) is 3. The lowest BCUT2D eigenvalue weighted by Gasteiger charge is -2.38. The van der Waals surface area contributed by atoms with Crippen molar-refractivity contribution in [2.45, 2.75) is 44.8 Å². The number of ether oxygens (including phenoxy) is 1. The molecule has 0 aromatic carbocycles. The fourth-order valence-electron chi connectivity index (χ4n) is 3.40. The summed E-state index contributed by atoms with van der Waals surface area (Å²) in [4.78, 5) is 11.1. The summed E-state index contributed by atoms with van der Waals surface area (Å²) in [6.45, 7) is 5.56. The largest absolute Gasteiger partial charge is 0.456 e. The van der Waals surface area contributed by atoms with Crippen molar-refractivity contribution in [3.8, 4) is 0 Å². The molecule has 0 bridgehead atoms. The topological polar surface area (TPSA) is 46.5 Å². The highest BCUT2D eigenvalue weighted by Crippen LogP contribution is 2.46. The van der Waals surface area contributed by atoms with Crippen LogP contribution in [0.5, 0.6) is 0 Å². The van der Waals surface area contributed by atoms with Gasteiger partial charge in [-0.15, -0.1) is 0 Å². The molecule has 5 unspecified atom stereocenters. The van der Waals surface area contributed by atoms with Crippen molar-refractivity contribution in [3.05, 3.63) is 12.7 Å². The van der Waals surface area contributed by atoms with Crippen LogP contribution >= 0.6 is 0 Å². The highest BCUT2D eigenvalue weighted by molar-refractivity contribution is 5.81. The van der Waals surface area contributed by atoms with Crippen LogP contribution in [-0.4, -0.2) is 23.3 Å². The van der Waals surface area contributed by atoms with Gasteiger partial charge in [0.1, 0.15) is 6.10 Å². The van der Waals surface area contributed by atoms with Crippen LogP contribution in [0.25, 0.3) is 0 Å². The van der Waals surface area contributed by atoms with Crippen LogP contribution < -0.4 is 0 Å². The molecular weight excluding hydrogens is 204 g/mol. The lowest BCUT2D eigenvalue weighted by atomic mass is 9.75. The molecule has 1 N–H and O–H groups in total. The first-order valence-corrected chi connectivity index (χ1v) is 6.14. The summed E-state index contributed by atoms with van der Waals surface area (Å²) in [5.41, 5.74) is 0. The van der Waals surface area contributed by atoms with Crippen LogP contribution in [0.2, 0.25) is 0 Å². The minimum absolute atomic E-state index is 0.316. The van der Waals surface area contributed by atoms with E-state index in [9.17, 15) is 9.90 Å². The molecule has 3 heteroatoms. The van der Waals surface area contributed by atoms with E-state index in [1.165, 1.54) is 12.8 Å². The van der Waals surface area contributed by atoms with Gasteiger partial charge in [-0.05, 0) is 37.0 Å². The Morgan fingerprint density at radius 3 is 2.75 bits per heavy atom. The van der Waals surface area contributed by atoms with Crippen LogP contribution in [0.3, 0.4) is 0 Å². The van der Waals surface area contributed by atoms with Gasteiger partial charge in [-0.2, -0.15) is 0 Å². The Morgan fingerprint density at radius 2 is 2.06 bits per heavy atom. The molecule has 5 atom stereocenters. The normalized spacial score (nSPS) is 42.5. The Labute approximate surface area is 96.5 Å². The highest BCUT2D eigenvalue weighted by atomic mass is 16.6. The minimum atomic E-state index is -0.486. The average molecular weight is 224 g/mol. The number of esters is 1. The molecule has 0 spiro atoms. The Balaban J connectivity index is 2.02. The lowest BCUT2D eigenvalue weighted by molar-refractivity contribution is -0.157. The van der Waals surface area contributed by atoms with Crippen molar-refractivity contribution in [2.24, 2.45) is 17.8 Å².